The standard InChI is InChI=1S/C16H17N3O2/c17-15(18)11-12-19(13-7-3-1-4-8-13)16(20)21-14-9-5-2-6-10-14/h1-10H,11-12H2,(H3,17,18). The van der Waals surface area contributed by atoms with Crippen LogP contribution in [0.3, 0.4) is 0 Å². The van der Waals surface area contributed by atoms with Crippen molar-refractivity contribution in [2.24, 2.45) is 5.73 Å². The first-order chi connectivity index (χ1) is 10.2. The Bertz CT molecular complexity index is 599. The summed E-state index contributed by atoms with van der Waals surface area (Å²) in [6.07, 6.45) is -0.202. The van der Waals surface area contributed by atoms with E-state index in [9.17, 15) is 4.79 Å². The molecule has 0 unspecified atom stereocenters. The number of rotatable bonds is 5. The Morgan fingerprint density at radius 1 is 1.05 bits per heavy atom. The Balaban J connectivity index is 2.14. The zero-order valence-corrected chi connectivity index (χ0v) is 11.5. The molecule has 21 heavy (non-hydrogen) atoms. The highest BCUT2D eigenvalue weighted by atomic mass is 16.6. The Hall–Kier alpha value is -2.82. The van der Waals surface area contributed by atoms with Crippen LogP contribution in [-0.2, 0) is 0 Å². The molecule has 0 aromatic heterocycles. The van der Waals surface area contributed by atoms with E-state index in [2.05, 4.69) is 0 Å². The van der Waals surface area contributed by atoms with E-state index in [4.69, 9.17) is 15.9 Å². The first-order valence-electron chi connectivity index (χ1n) is 6.59. The third-order valence-corrected chi connectivity index (χ3v) is 2.84. The largest absolute Gasteiger partial charge is 0.419 e. The van der Waals surface area contributed by atoms with Gasteiger partial charge in [-0.15, -0.1) is 0 Å². The van der Waals surface area contributed by atoms with Gasteiger partial charge in [-0.3, -0.25) is 10.3 Å². The molecule has 2 aromatic rings. The van der Waals surface area contributed by atoms with Crippen LogP contribution in [0.4, 0.5) is 10.5 Å². The highest BCUT2D eigenvalue weighted by molar-refractivity contribution is 5.90. The average Bonchev–Trinajstić information content (AvgIpc) is 2.49. The van der Waals surface area contributed by atoms with E-state index in [1.807, 2.05) is 36.4 Å². The van der Waals surface area contributed by atoms with Gasteiger partial charge in [0.15, 0.2) is 0 Å². The second-order valence-corrected chi connectivity index (χ2v) is 4.44. The predicted octanol–water partition coefficient (Wildman–Crippen LogP) is 3.02. The van der Waals surface area contributed by atoms with Crippen molar-refractivity contribution in [2.75, 3.05) is 11.4 Å². The monoisotopic (exact) mass is 283 g/mol. The van der Waals surface area contributed by atoms with E-state index in [-0.39, 0.29) is 5.84 Å². The summed E-state index contributed by atoms with van der Waals surface area (Å²) in [5, 5.41) is 7.31. The molecule has 1 amide bonds. The highest BCUT2D eigenvalue weighted by Gasteiger charge is 2.17. The lowest BCUT2D eigenvalue weighted by molar-refractivity contribution is 0.207. The van der Waals surface area contributed by atoms with Gasteiger partial charge in [-0.2, -0.15) is 0 Å². The first-order valence-corrected chi connectivity index (χ1v) is 6.59. The molecule has 0 atom stereocenters. The molecular weight excluding hydrogens is 266 g/mol. The Labute approximate surface area is 123 Å². The van der Waals surface area contributed by atoms with Crippen molar-refractivity contribution in [2.45, 2.75) is 6.42 Å². The van der Waals surface area contributed by atoms with Crippen LogP contribution in [0.1, 0.15) is 6.42 Å². The van der Waals surface area contributed by atoms with Crippen molar-refractivity contribution in [3.63, 3.8) is 0 Å². The normalized spacial score (nSPS) is 9.90. The number of nitrogens with two attached hydrogens (primary N) is 1. The average molecular weight is 283 g/mol. The molecule has 0 radical (unpaired) electrons. The maximum absolute atomic E-state index is 12.3. The molecule has 2 rings (SSSR count). The third-order valence-electron chi connectivity index (χ3n) is 2.84. The summed E-state index contributed by atoms with van der Waals surface area (Å²) in [5.74, 6) is 0.509. The maximum atomic E-state index is 12.3. The lowest BCUT2D eigenvalue weighted by Gasteiger charge is -2.21. The van der Waals surface area contributed by atoms with Gasteiger partial charge in [0.2, 0.25) is 0 Å². The second kappa shape index (κ2) is 7.09. The number of amidine groups is 1. The molecule has 0 aliphatic heterocycles. The number of hydrogen-bond donors (Lipinski definition) is 2. The molecule has 0 saturated carbocycles. The predicted molar refractivity (Wildman–Crippen MR) is 82.8 cm³/mol. The molecular formula is C16H17N3O2. The minimum absolute atomic E-state index is 0.0310. The fraction of sp³-hybridized carbons (Fsp3) is 0.125. The summed E-state index contributed by atoms with van der Waals surface area (Å²) in [4.78, 5) is 13.8. The summed E-state index contributed by atoms with van der Waals surface area (Å²) >= 11 is 0. The van der Waals surface area contributed by atoms with Crippen molar-refractivity contribution in [3.8, 4) is 5.75 Å². The number of benzene rings is 2. The van der Waals surface area contributed by atoms with Crippen molar-refractivity contribution in [1.82, 2.24) is 0 Å². The Morgan fingerprint density at radius 3 is 2.19 bits per heavy atom. The van der Waals surface area contributed by atoms with Gasteiger partial charge in [0, 0.05) is 18.7 Å². The second-order valence-electron chi connectivity index (χ2n) is 4.44. The number of nitrogens with one attached hydrogen (secondary N) is 1. The van der Waals surface area contributed by atoms with Crippen molar-refractivity contribution in [3.05, 3.63) is 60.7 Å². The summed E-state index contributed by atoms with van der Waals surface area (Å²) in [6, 6.07) is 18.0. The van der Waals surface area contributed by atoms with E-state index < -0.39 is 6.09 Å². The van der Waals surface area contributed by atoms with Crippen LogP contribution in [0.2, 0.25) is 0 Å². The number of para-hydroxylation sites is 2. The summed E-state index contributed by atoms with van der Waals surface area (Å²) < 4.78 is 5.34. The van der Waals surface area contributed by atoms with E-state index in [1.54, 1.807) is 24.3 Å². The number of anilines is 1. The number of carbonyl (C=O) groups is 1. The number of amides is 1. The zero-order chi connectivity index (χ0) is 15.1. The zero-order valence-electron chi connectivity index (χ0n) is 11.5. The third kappa shape index (κ3) is 4.35. The van der Waals surface area contributed by atoms with E-state index in [0.717, 1.165) is 0 Å². The van der Waals surface area contributed by atoms with Gasteiger partial charge >= 0.3 is 6.09 Å². The van der Waals surface area contributed by atoms with Crippen LogP contribution in [0, 0.1) is 5.41 Å². The fourth-order valence-electron chi connectivity index (χ4n) is 1.81. The Kier molecular flexibility index (Phi) is 4.93. The van der Waals surface area contributed by atoms with Crippen LogP contribution in [-0.4, -0.2) is 18.5 Å². The molecule has 0 saturated heterocycles. The molecule has 3 N–H and O–H groups in total. The highest BCUT2D eigenvalue weighted by Crippen LogP contribution is 2.17. The molecule has 0 heterocycles. The molecule has 0 aliphatic rings. The van der Waals surface area contributed by atoms with Gasteiger partial charge in [0.25, 0.3) is 0 Å². The fourth-order valence-corrected chi connectivity index (χ4v) is 1.81. The van der Waals surface area contributed by atoms with Gasteiger partial charge < -0.3 is 10.5 Å². The van der Waals surface area contributed by atoms with Crippen LogP contribution >= 0.6 is 0 Å². The first kappa shape index (κ1) is 14.6. The van der Waals surface area contributed by atoms with Crippen LogP contribution in [0.15, 0.2) is 60.7 Å². The lowest BCUT2D eigenvalue weighted by atomic mass is 10.2. The molecule has 0 spiro atoms. The van der Waals surface area contributed by atoms with Crippen molar-refractivity contribution < 1.29 is 9.53 Å². The number of hydrogen-bond acceptors (Lipinski definition) is 3. The van der Waals surface area contributed by atoms with Gasteiger partial charge in [0.1, 0.15) is 5.75 Å². The van der Waals surface area contributed by atoms with E-state index in [0.29, 0.717) is 24.4 Å². The molecule has 108 valence electrons. The van der Waals surface area contributed by atoms with Crippen molar-refractivity contribution in [1.29, 1.82) is 5.41 Å². The summed E-state index contributed by atoms with van der Waals surface area (Å²) in [5.41, 5.74) is 6.08. The smallest absolute Gasteiger partial charge is 0.410 e. The van der Waals surface area contributed by atoms with Gasteiger partial charge in [-0.05, 0) is 24.3 Å². The van der Waals surface area contributed by atoms with Crippen LogP contribution in [0.5, 0.6) is 5.75 Å². The lowest BCUT2D eigenvalue weighted by Crippen LogP contribution is -2.36. The van der Waals surface area contributed by atoms with Gasteiger partial charge in [-0.25, -0.2) is 4.79 Å². The van der Waals surface area contributed by atoms with Crippen LogP contribution in [0.25, 0.3) is 0 Å². The van der Waals surface area contributed by atoms with Crippen molar-refractivity contribution >= 4 is 17.6 Å². The molecule has 0 aliphatic carbocycles. The molecule has 0 bridgehead atoms. The molecule has 5 nitrogen and oxygen atoms in total. The summed E-state index contributed by atoms with van der Waals surface area (Å²) in [6.45, 7) is 0.297. The SMILES string of the molecule is N=C(N)CCN(C(=O)Oc1ccccc1)c1ccccc1. The topological polar surface area (TPSA) is 79.4 Å². The van der Waals surface area contributed by atoms with Gasteiger partial charge in [0.05, 0.1) is 5.84 Å². The minimum Gasteiger partial charge on any atom is -0.410 e. The maximum Gasteiger partial charge on any atom is 0.419 e. The number of nitrogens with zero attached hydrogens (tertiary/aromatic N) is 1. The van der Waals surface area contributed by atoms with Crippen LogP contribution < -0.4 is 15.4 Å². The summed E-state index contributed by atoms with van der Waals surface area (Å²) in [7, 11) is 0. The molecule has 5 heteroatoms. The quantitative estimate of drug-likeness (QED) is 0.654. The Morgan fingerprint density at radius 2 is 1.62 bits per heavy atom. The number of carbonyl (C=O) groups excluding carboxylic acids is 1. The molecule has 2 aromatic carbocycles. The molecule has 0 fully saturated rings. The van der Waals surface area contributed by atoms with E-state index >= 15 is 0 Å². The van der Waals surface area contributed by atoms with E-state index in [1.165, 1.54) is 4.90 Å². The minimum atomic E-state index is -0.492. The number of ether oxygens (including phenoxy) is 1. The van der Waals surface area contributed by atoms with Gasteiger partial charge in [-0.1, -0.05) is 36.4 Å².